The maximum atomic E-state index is 4.83. The smallest absolute Gasteiger partial charge is 0.0946 e. The summed E-state index contributed by atoms with van der Waals surface area (Å²) in [5.41, 5.74) is 6.65. The lowest BCUT2D eigenvalue weighted by atomic mass is 9.87. The number of nitrogens with zero attached hydrogens (tertiary/aromatic N) is 3. The van der Waals surface area contributed by atoms with Gasteiger partial charge in [0.2, 0.25) is 0 Å². The van der Waals surface area contributed by atoms with Crippen LogP contribution >= 0.6 is 0 Å². The van der Waals surface area contributed by atoms with E-state index in [9.17, 15) is 0 Å². The molecule has 130 valence electrons. The van der Waals surface area contributed by atoms with Crippen LogP contribution in [0.15, 0.2) is 66.9 Å². The van der Waals surface area contributed by atoms with Crippen molar-refractivity contribution in [1.29, 1.82) is 0 Å². The number of aryl methyl sites for hydroxylation is 1. The average molecular weight is 341 g/mol. The molecule has 26 heavy (non-hydrogen) atoms. The van der Waals surface area contributed by atoms with Gasteiger partial charge in [-0.2, -0.15) is 5.10 Å². The molecule has 0 amide bonds. The van der Waals surface area contributed by atoms with Gasteiger partial charge in [0.25, 0.3) is 0 Å². The molecule has 0 spiro atoms. The Kier molecular flexibility index (Phi) is 3.87. The Morgan fingerprint density at radius 2 is 1.62 bits per heavy atom. The van der Waals surface area contributed by atoms with Crippen LogP contribution in [0.4, 0.5) is 0 Å². The minimum atomic E-state index is 0.152. The van der Waals surface area contributed by atoms with Gasteiger partial charge >= 0.3 is 0 Å². The second-order valence-electron chi connectivity index (χ2n) is 7.80. The summed E-state index contributed by atoms with van der Waals surface area (Å²) in [6.07, 6.45) is 1.90. The van der Waals surface area contributed by atoms with Gasteiger partial charge in [-0.15, -0.1) is 0 Å². The van der Waals surface area contributed by atoms with E-state index in [2.05, 4.69) is 75.1 Å². The van der Waals surface area contributed by atoms with Crippen LogP contribution in [-0.4, -0.2) is 14.8 Å². The van der Waals surface area contributed by atoms with Crippen molar-refractivity contribution in [3.8, 4) is 16.9 Å². The van der Waals surface area contributed by atoms with Gasteiger partial charge in [-0.3, -0.25) is 4.98 Å². The zero-order valence-corrected chi connectivity index (χ0v) is 15.7. The lowest BCUT2D eigenvalue weighted by Crippen LogP contribution is -2.11. The first-order valence-corrected chi connectivity index (χ1v) is 8.94. The summed E-state index contributed by atoms with van der Waals surface area (Å²) in [5, 5.41) is 5.96. The van der Waals surface area contributed by atoms with Crippen LogP contribution in [0, 0.1) is 6.92 Å². The van der Waals surface area contributed by atoms with Crippen molar-refractivity contribution < 1.29 is 0 Å². The highest BCUT2D eigenvalue weighted by molar-refractivity contribution is 5.82. The van der Waals surface area contributed by atoms with Crippen molar-refractivity contribution in [3.05, 3.63) is 78.1 Å². The molecule has 0 aliphatic heterocycles. The number of fused-ring (bicyclic) bond motifs is 1. The minimum Gasteiger partial charge on any atom is -0.256 e. The Labute approximate surface area is 154 Å². The van der Waals surface area contributed by atoms with Crippen LogP contribution in [0.2, 0.25) is 0 Å². The fourth-order valence-corrected chi connectivity index (χ4v) is 3.19. The van der Waals surface area contributed by atoms with Gasteiger partial charge in [0, 0.05) is 22.8 Å². The Bertz CT molecular complexity index is 1070. The number of pyridine rings is 1. The van der Waals surface area contributed by atoms with E-state index in [-0.39, 0.29) is 5.41 Å². The predicted molar refractivity (Wildman–Crippen MR) is 108 cm³/mol. The van der Waals surface area contributed by atoms with Crippen molar-refractivity contribution in [2.75, 3.05) is 0 Å². The monoisotopic (exact) mass is 341 g/mol. The molecule has 0 saturated carbocycles. The molecule has 0 N–H and O–H groups in total. The Hall–Kier alpha value is -2.94. The van der Waals surface area contributed by atoms with Gasteiger partial charge in [0.1, 0.15) is 0 Å². The Balaban J connectivity index is 1.72. The van der Waals surface area contributed by atoms with Crippen molar-refractivity contribution in [2.45, 2.75) is 33.1 Å². The molecule has 0 atom stereocenters. The minimum absolute atomic E-state index is 0.152. The first-order chi connectivity index (χ1) is 12.4. The Morgan fingerprint density at radius 3 is 2.35 bits per heavy atom. The van der Waals surface area contributed by atoms with Crippen molar-refractivity contribution in [3.63, 3.8) is 0 Å². The molecule has 3 nitrogen and oxygen atoms in total. The molecule has 4 rings (SSSR count). The van der Waals surface area contributed by atoms with E-state index in [0.29, 0.717) is 0 Å². The average Bonchev–Trinajstić information content (AvgIpc) is 3.02. The Morgan fingerprint density at radius 1 is 0.885 bits per heavy atom. The van der Waals surface area contributed by atoms with Crippen molar-refractivity contribution in [2.24, 2.45) is 0 Å². The largest absolute Gasteiger partial charge is 0.256 e. The second-order valence-corrected chi connectivity index (χ2v) is 7.80. The van der Waals surface area contributed by atoms with Crippen LogP contribution in [-0.2, 0) is 5.41 Å². The van der Waals surface area contributed by atoms with E-state index >= 15 is 0 Å². The molecule has 0 aliphatic carbocycles. The predicted octanol–water partition coefficient (Wildman–Crippen LogP) is 5.69. The van der Waals surface area contributed by atoms with E-state index < -0.39 is 0 Å². The highest BCUT2D eigenvalue weighted by Crippen LogP contribution is 2.26. The van der Waals surface area contributed by atoms with Crippen molar-refractivity contribution in [1.82, 2.24) is 14.8 Å². The van der Waals surface area contributed by atoms with Gasteiger partial charge in [-0.05, 0) is 48.2 Å². The van der Waals surface area contributed by atoms with E-state index in [1.54, 1.807) is 0 Å². The summed E-state index contributed by atoms with van der Waals surface area (Å²) in [6.45, 7) is 8.77. The van der Waals surface area contributed by atoms with Gasteiger partial charge in [-0.1, -0.05) is 51.1 Å². The van der Waals surface area contributed by atoms with Crippen LogP contribution in [0.3, 0.4) is 0 Å². The first kappa shape index (κ1) is 16.5. The van der Waals surface area contributed by atoms with Gasteiger partial charge in [0.05, 0.1) is 16.9 Å². The summed E-state index contributed by atoms with van der Waals surface area (Å²) >= 11 is 0. The zero-order chi connectivity index (χ0) is 18.3. The molecule has 0 saturated heterocycles. The zero-order valence-electron chi connectivity index (χ0n) is 15.7. The fourth-order valence-electron chi connectivity index (χ4n) is 3.19. The van der Waals surface area contributed by atoms with Crippen LogP contribution in [0.1, 0.15) is 32.0 Å². The summed E-state index contributed by atoms with van der Waals surface area (Å²) in [7, 11) is 0. The number of para-hydroxylation sites is 1. The number of benzene rings is 2. The topological polar surface area (TPSA) is 30.7 Å². The van der Waals surface area contributed by atoms with E-state index in [0.717, 1.165) is 33.5 Å². The quantitative estimate of drug-likeness (QED) is 0.469. The number of aromatic nitrogens is 3. The molecule has 0 radical (unpaired) electrons. The van der Waals surface area contributed by atoms with Gasteiger partial charge < -0.3 is 0 Å². The van der Waals surface area contributed by atoms with Crippen molar-refractivity contribution >= 4 is 10.9 Å². The molecule has 0 aliphatic rings. The normalized spacial score (nSPS) is 11.8. The summed E-state index contributed by atoms with van der Waals surface area (Å²) < 4.78 is 2.00. The SMILES string of the molecule is Cc1cc(-c2cnc3ccccc3c2)nn1-c1ccc(C(C)(C)C)cc1. The summed E-state index contributed by atoms with van der Waals surface area (Å²) in [5.74, 6) is 0. The summed E-state index contributed by atoms with van der Waals surface area (Å²) in [4.78, 5) is 4.56. The molecule has 2 heterocycles. The second kappa shape index (κ2) is 6.10. The maximum absolute atomic E-state index is 4.83. The fraction of sp³-hybridized carbons (Fsp3) is 0.217. The third-order valence-corrected chi connectivity index (χ3v) is 4.75. The third kappa shape index (κ3) is 3.01. The van der Waals surface area contributed by atoms with Gasteiger partial charge in [0.15, 0.2) is 0 Å². The van der Waals surface area contributed by atoms with E-state index in [1.165, 1.54) is 5.56 Å². The molecule has 2 aromatic carbocycles. The lowest BCUT2D eigenvalue weighted by molar-refractivity contribution is 0.590. The maximum Gasteiger partial charge on any atom is 0.0946 e. The highest BCUT2D eigenvalue weighted by atomic mass is 15.3. The number of hydrogen-bond donors (Lipinski definition) is 0. The standard InChI is InChI=1S/C23H23N3/c1-16-13-22(18-14-17-7-5-6-8-21(17)24-15-18)25-26(16)20-11-9-19(10-12-20)23(2,3)4/h5-15H,1-4H3. The van der Waals surface area contributed by atoms with E-state index in [1.807, 2.05) is 29.1 Å². The summed E-state index contributed by atoms with van der Waals surface area (Å²) in [6, 6.07) is 21.1. The molecular weight excluding hydrogens is 318 g/mol. The molecule has 0 fully saturated rings. The van der Waals surface area contributed by atoms with E-state index in [4.69, 9.17) is 5.10 Å². The highest BCUT2D eigenvalue weighted by Gasteiger charge is 2.14. The first-order valence-electron chi connectivity index (χ1n) is 8.94. The molecule has 0 unspecified atom stereocenters. The van der Waals surface area contributed by atoms with Gasteiger partial charge in [-0.25, -0.2) is 4.68 Å². The number of hydrogen-bond acceptors (Lipinski definition) is 2. The molecule has 2 aromatic heterocycles. The van der Waals surface area contributed by atoms with Crippen LogP contribution in [0.5, 0.6) is 0 Å². The molecule has 0 bridgehead atoms. The molecule has 3 heteroatoms. The van der Waals surface area contributed by atoms with Crippen LogP contribution in [0.25, 0.3) is 27.8 Å². The molecular formula is C23H23N3. The van der Waals surface area contributed by atoms with Crippen LogP contribution < -0.4 is 0 Å². The lowest BCUT2D eigenvalue weighted by Gasteiger charge is -2.19. The third-order valence-electron chi connectivity index (χ3n) is 4.75. The number of rotatable bonds is 2. The molecule has 4 aromatic rings.